The predicted octanol–water partition coefficient (Wildman–Crippen LogP) is 9.41. The number of allylic oxidation sites excluding steroid dienone is 1. The number of halogens is 4. The zero-order chi connectivity index (χ0) is 33.8. The van der Waals surface area contributed by atoms with Crippen LogP contribution in [0, 0.1) is 11.6 Å². The van der Waals surface area contributed by atoms with E-state index in [0.717, 1.165) is 32.1 Å². The molecule has 1 fully saturated rings. The Bertz CT molecular complexity index is 1830. The van der Waals surface area contributed by atoms with Crippen molar-refractivity contribution >= 4 is 51.2 Å². The predicted molar refractivity (Wildman–Crippen MR) is 184 cm³/mol. The topological polar surface area (TPSA) is 87.5 Å². The quantitative estimate of drug-likeness (QED) is 0.120. The van der Waals surface area contributed by atoms with E-state index in [-0.39, 0.29) is 29.1 Å². The summed E-state index contributed by atoms with van der Waals surface area (Å²) in [7, 11) is 0. The van der Waals surface area contributed by atoms with Crippen LogP contribution in [-0.4, -0.2) is 33.4 Å². The Labute approximate surface area is 295 Å². The Morgan fingerprint density at radius 3 is 2.60 bits per heavy atom. The Hall–Kier alpha value is -3.61. The largest absolute Gasteiger partial charge is 0.490 e. The van der Waals surface area contributed by atoms with Crippen molar-refractivity contribution in [3.8, 4) is 11.5 Å². The van der Waals surface area contributed by atoms with Crippen LogP contribution in [0.4, 0.5) is 14.7 Å². The maximum absolute atomic E-state index is 14.5. The van der Waals surface area contributed by atoms with E-state index in [9.17, 15) is 13.6 Å². The van der Waals surface area contributed by atoms with Gasteiger partial charge in [-0.05, 0) is 96.9 Å². The fourth-order valence-electron chi connectivity index (χ4n) is 5.88. The zero-order valence-corrected chi connectivity index (χ0v) is 29.6. The third-order valence-corrected chi connectivity index (χ3v) is 10.1. The lowest BCUT2D eigenvalue weighted by atomic mass is 9.94. The average molecular weight is 760 g/mol. The maximum atomic E-state index is 14.5. The molecule has 1 N–H and O–H groups in total. The van der Waals surface area contributed by atoms with Crippen molar-refractivity contribution in [2.75, 3.05) is 11.9 Å². The third kappa shape index (κ3) is 7.50. The molecule has 0 saturated heterocycles. The number of anilines is 1. The smallest absolute Gasteiger partial charge is 0.338 e. The molecule has 252 valence electrons. The summed E-state index contributed by atoms with van der Waals surface area (Å²) in [6, 6.07) is 13.9. The fourth-order valence-corrected chi connectivity index (χ4v) is 7.49. The van der Waals surface area contributed by atoms with Gasteiger partial charge in [-0.2, -0.15) is 4.98 Å². The minimum atomic E-state index is -0.752. The van der Waals surface area contributed by atoms with Crippen LogP contribution in [0.3, 0.4) is 0 Å². The highest BCUT2D eigenvalue weighted by Gasteiger charge is 2.37. The number of carbonyl (C=O) groups excluding carboxylic acids is 1. The Balaban J connectivity index is 1.37. The van der Waals surface area contributed by atoms with E-state index >= 15 is 0 Å². The first kappa shape index (κ1) is 34.3. The van der Waals surface area contributed by atoms with Gasteiger partial charge in [0.05, 0.1) is 21.7 Å². The molecule has 2 heterocycles. The summed E-state index contributed by atoms with van der Waals surface area (Å²) in [5.74, 6) is 0.243. The number of rotatable bonds is 11. The van der Waals surface area contributed by atoms with Gasteiger partial charge in [-0.1, -0.05) is 54.0 Å². The molecule has 1 aliphatic heterocycles. The Morgan fingerprint density at radius 1 is 1.08 bits per heavy atom. The standard InChI is InChI=1S/C35H34BrClF2N4O4S/c1-3-45-29-17-22(16-25(36)32(29)46-18-24-26(37)13-9-15-28(24)39)31-30(33(44)47-23-11-5-4-6-12-23)20(2)40-34-41-35(42-43(31)34)48-19-21-10-7-8-14-27(21)38/h7-10,13-17,23,31H,3-6,11-12,18-19H2,1-2H3,(H,40,41,42). The lowest BCUT2D eigenvalue weighted by Gasteiger charge is -2.30. The van der Waals surface area contributed by atoms with E-state index in [1.165, 1.54) is 30.0 Å². The van der Waals surface area contributed by atoms with Gasteiger partial charge in [0.2, 0.25) is 11.1 Å². The summed E-state index contributed by atoms with van der Waals surface area (Å²) in [6.45, 7) is 3.83. The molecule has 13 heteroatoms. The van der Waals surface area contributed by atoms with Crippen LogP contribution in [0.5, 0.6) is 11.5 Å². The number of carbonyl (C=O) groups is 1. The first-order chi connectivity index (χ1) is 23.2. The fraction of sp³-hybridized carbons (Fsp3) is 0.343. The van der Waals surface area contributed by atoms with E-state index in [0.29, 0.717) is 61.8 Å². The van der Waals surface area contributed by atoms with Crippen LogP contribution >= 0.6 is 39.3 Å². The number of hydrogen-bond acceptors (Lipinski definition) is 8. The minimum Gasteiger partial charge on any atom is -0.490 e. The van der Waals surface area contributed by atoms with Crippen LogP contribution in [0.15, 0.2) is 75.5 Å². The van der Waals surface area contributed by atoms with Gasteiger partial charge in [-0.15, -0.1) is 5.10 Å². The molecule has 6 rings (SSSR count). The van der Waals surface area contributed by atoms with Gasteiger partial charge in [0.25, 0.3) is 0 Å². The van der Waals surface area contributed by atoms with Gasteiger partial charge in [-0.25, -0.2) is 18.3 Å². The molecule has 3 aromatic carbocycles. The highest BCUT2D eigenvalue weighted by Crippen LogP contribution is 2.44. The van der Waals surface area contributed by atoms with E-state index < -0.39 is 17.8 Å². The lowest BCUT2D eigenvalue weighted by Crippen LogP contribution is -2.32. The second-order valence-electron chi connectivity index (χ2n) is 11.5. The molecule has 4 aromatic rings. The van der Waals surface area contributed by atoms with Crippen LogP contribution in [0.25, 0.3) is 0 Å². The molecule has 0 spiro atoms. The molecular weight excluding hydrogens is 726 g/mol. The van der Waals surface area contributed by atoms with E-state index in [1.807, 2.05) is 19.9 Å². The van der Waals surface area contributed by atoms with Crippen molar-refractivity contribution in [2.45, 2.75) is 75.6 Å². The summed E-state index contributed by atoms with van der Waals surface area (Å²) in [5, 5.41) is 8.68. The molecule has 1 atom stereocenters. The molecule has 1 unspecified atom stereocenters. The van der Waals surface area contributed by atoms with Crippen molar-refractivity contribution in [1.82, 2.24) is 14.8 Å². The first-order valence-electron chi connectivity index (χ1n) is 15.8. The molecule has 1 saturated carbocycles. The molecule has 2 aliphatic rings. The number of ether oxygens (including phenoxy) is 3. The van der Waals surface area contributed by atoms with Gasteiger partial charge < -0.3 is 19.5 Å². The van der Waals surface area contributed by atoms with Crippen LogP contribution in [-0.2, 0) is 21.9 Å². The highest BCUT2D eigenvalue weighted by molar-refractivity contribution is 9.10. The van der Waals surface area contributed by atoms with Gasteiger partial charge in [-0.3, -0.25) is 0 Å². The van der Waals surface area contributed by atoms with Crippen molar-refractivity contribution < 1.29 is 27.8 Å². The summed E-state index contributed by atoms with van der Waals surface area (Å²) >= 11 is 11.2. The summed E-state index contributed by atoms with van der Waals surface area (Å²) in [4.78, 5) is 18.7. The molecule has 0 radical (unpaired) electrons. The second-order valence-corrected chi connectivity index (χ2v) is 13.7. The Morgan fingerprint density at radius 2 is 1.85 bits per heavy atom. The lowest BCUT2D eigenvalue weighted by molar-refractivity contribution is -0.146. The maximum Gasteiger partial charge on any atom is 0.338 e. The molecule has 0 bridgehead atoms. The van der Waals surface area contributed by atoms with Crippen molar-refractivity contribution in [2.24, 2.45) is 0 Å². The normalized spacial score (nSPS) is 16.3. The molecule has 8 nitrogen and oxygen atoms in total. The second kappa shape index (κ2) is 15.3. The van der Waals surface area contributed by atoms with Crippen LogP contribution < -0.4 is 14.8 Å². The Kier molecular flexibility index (Phi) is 10.9. The number of nitrogens with zero attached hydrogens (tertiary/aromatic N) is 3. The number of benzene rings is 3. The SMILES string of the molecule is CCOc1cc(C2C(C(=O)OC3CCCCC3)=C(C)Nc3nc(SCc4ccccc4F)nn32)cc(Br)c1OCc1c(F)cccc1Cl. The summed E-state index contributed by atoms with van der Waals surface area (Å²) in [5.41, 5.74) is 2.35. The van der Waals surface area contributed by atoms with Crippen molar-refractivity contribution in [3.05, 3.63) is 104 Å². The summed E-state index contributed by atoms with van der Waals surface area (Å²) < 4.78 is 49.3. The third-order valence-electron chi connectivity index (χ3n) is 8.26. The minimum absolute atomic E-state index is 0.134. The zero-order valence-electron chi connectivity index (χ0n) is 26.4. The molecule has 1 aromatic heterocycles. The van der Waals surface area contributed by atoms with Gasteiger partial charge in [0.15, 0.2) is 11.5 Å². The van der Waals surface area contributed by atoms with Crippen LogP contribution in [0.2, 0.25) is 5.02 Å². The molecule has 1 aliphatic carbocycles. The molecular formula is C35H34BrClF2N4O4S. The van der Waals surface area contributed by atoms with Gasteiger partial charge >= 0.3 is 5.97 Å². The van der Waals surface area contributed by atoms with Crippen molar-refractivity contribution in [1.29, 1.82) is 0 Å². The molecule has 0 amide bonds. The van der Waals surface area contributed by atoms with E-state index in [1.54, 1.807) is 35.0 Å². The van der Waals surface area contributed by atoms with Gasteiger partial charge in [0.1, 0.15) is 30.4 Å². The van der Waals surface area contributed by atoms with E-state index in [4.69, 9.17) is 30.9 Å². The number of fused-ring (bicyclic) bond motifs is 1. The van der Waals surface area contributed by atoms with Gasteiger partial charge in [0, 0.05) is 17.0 Å². The summed E-state index contributed by atoms with van der Waals surface area (Å²) in [6.07, 6.45) is 4.62. The monoisotopic (exact) mass is 758 g/mol. The molecule has 48 heavy (non-hydrogen) atoms. The number of thioether (sulfide) groups is 1. The number of aromatic nitrogens is 3. The van der Waals surface area contributed by atoms with Crippen LogP contribution in [0.1, 0.15) is 68.7 Å². The highest BCUT2D eigenvalue weighted by atomic mass is 79.9. The number of esters is 1. The average Bonchev–Trinajstić information content (AvgIpc) is 3.47. The van der Waals surface area contributed by atoms with E-state index in [2.05, 4.69) is 26.2 Å². The number of hydrogen-bond donors (Lipinski definition) is 1. The number of nitrogens with one attached hydrogen (secondary N) is 1. The van der Waals surface area contributed by atoms with Crippen molar-refractivity contribution in [3.63, 3.8) is 0 Å². The first-order valence-corrected chi connectivity index (χ1v) is 17.9.